The monoisotopic (exact) mass is 239 g/mol. The van der Waals surface area contributed by atoms with E-state index in [1.807, 2.05) is 6.07 Å². The van der Waals surface area contributed by atoms with Gasteiger partial charge in [0.05, 0.1) is 6.07 Å². The molecule has 0 spiro atoms. The molecule has 0 bridgehead atoms. The molecule has 0 aliphatic carbocycles. The Hall–Kier alpha value is -1.08. The summed E-state index contributed by atoms with van der Waals surface area (Å²) in [5.74, 6) is -0.183. The number of unbranched alkanes of at least 4 members (excludes halogenated alkanes) is 1. The summed E-state index contributed by atoms with van der Waals surface area (Å²) in [6.07, 6.45) is 2.01. The van der Waals surface area contributed by atoms with Crippen molar-refractivity contribution < 1.29 is 4.79 Å². The molecule has 0 atom stereocenters. The number of carbonyl (C=O) groups is 1. The molecule has 0 radical (unpaired) electrons. The number of nitriles is 1. The molecule has 1 N–H and O–H groups in total. The normalized spacial score (nSPS) is 11.6. The fourth-order valence-electron chi connectivity index (χ4n) is 1.22. The molecular formula is C13H25N3O. The molecule has 0 fully saturated rings. The first-order valence-electron chi connectivity index (χ1n) is 6.21. The van der Waals surface area contributed by atoms with Gasteiger partial charge in [0, 0.05) is 12.6 Å². The standard InChI is InChI=1S/C13H25N3O/c1-11(2)16(5)9-7-6-8-15-12(17)13(3,4)10-14/h11H,6-9H2,1-5H3,(H,15,17). The van der Waals surface area contributed by atoms with Crippen LogP contribution in [0.5, 0.6) is 0 Å². The predicted molar refractivity (Wildman–Crippen MR) is 69.4 cm³/mol. The number of carbonyl (C=O) groups excluding carboxylic acids is 1. The average Bonchev–Trinajstić information content (AvgIpc) is 2.27. The molecule has 0 aromatic carbocycles. The fraction of sp³-hybridized carbons (Fsp3) is 0.846. The van der Waals surface area contributed by atoms with Crippen molar-refractivity contribution in [2.24, 2.45) is 5.41 Å². The van der Waals surface area contributed by atoms with Gasteiger partial charge in [-0.05, 0) is 54.1 Å². The molecule has 17 heavy (non-hydrogen) atoms. The number of nitrogens with zero attached hydrogens (tertiary/aromatic N) is 2. The van der Waals surface area contributed by atoms with Gasteiger partial charge in [-0.15, -0.1) is 0 Å². The van der Waals surface area contributed by atoms with Crippen molar-refractivity contribution in [2.45, 2.75) is 46.6 Å². The number of rotatable bonds is 7. The molecule has 4 nitrogen and oxygen atoms in total. The van der Waals surface area contributed by atoms with E-state index in [9.17, 15) is 4.79 Å². The molecule has 0 aromatic heterocycles. The van der Waals surface area contributed by atoms with Crippen LogP contribution in [0.4, 0.5) is 0 Å². The lowest BCUT2D eigenvalue weighted by molar-refractivity contribution is -0.126. The van der Waals surface area contributed by atoms with Gasteiger partial charge in [-0.25, -0.2) is 0 Å². The summed E-state index contributed by atoms with van der Waals surface area (Å²) in [5.41, 5.74) is -0.922. The van der Waals surface area contributed by atoms with Crippen LogP contribution in [0, 0.1) is 16.7 Å². The Kier molecular flexibility index (Phi) is 6.82. The van der Waals surface area contributed by atoms with Crippen LogP contribution in [-0.4, -0.2) is 37.0 Å². The molecule has 0 aliphatic rings. The lowest BCUT2D eigenvalue weighted by Gasteiger charge is -2.21. The second-order valence-electron chi connectivity index (χ2n) is 5.27. The fourth-order valence-corrected chi connectivity index (χ4v) is 1.22. The van der Waals surface area contributed by atoms with E-state index in [0.717, 1.165) is 19.4 Å². The molecule has 0 aliphatic heterocycles. The highest BCUT2D eigenvalue weighted by atomic mass is 16.2. The summed E-state index contributed by atoms with van der Waals surface area (Å²) in [7, 11) is 2.10. The van der Waals surface area contributed by atoms with E-state index in [1.54, 1.807) is 13.8 Å². The SMILES string of the molecule is CC(C)N(C)CCCCNC(=O)C(C)(C)C#N. The van der Waals surface area contributed by atoms with Crippen LogP contribution in [0.1, 0.15) is 40.5 Å². The van der Waals surface area contributed by atoms with Gasteiger partial charge in [-0.2, -0.15) is 5.26 Å². The third-order valence-corrected chi connectivity index (χ3v) is 2.95. The molecule has 0 heterocycles. The first kappa shape index (κ1) is 15.9. The lowest BCUT2D eigenvalue weighted by atomic mass is 9.95. The van der Waals surface area contributed by atoms with E-state index in [1.165, 1.54) is 0 Å². The van der Waals surface area contributed by atoms with Crippen molar-refractivity contribution in [1.29, 1.82) is 5.26 Å². The Morgan fingerprint density at radius 2 is 2.00 bits per heavy atom. The highest BCUT2D eigenvalue weighted by Gasteiger charge is 2.26. The number of nitrogens with one attached hydrogen (secondary N) is 1. The maximum Gasteiger partial charge on any atom is 0.239 e. The van der Waals surface area contributed by atoms with E-state index in [-0.39, 0.29) is 5.91 Å². The predicted octanol–water partition coefficient (Wildman–Crippen LogP) is 1.77. The summed E-state index contributed by atoms with van der Waals surface area (Å²) < 4.78 is 0. The zero-order valence-corrected chi connectivity index (χ0v) is 11.7. The van der Waals surface area contributed by atoms with Crippen molar-refractivity contribution >= 4 is 5.91 Å². The van der Waals surface area contributed by atoms with Crippen molar-refractivity contribution in [3.63, 3.8) is 0 Å². The van der Waals surface area contributed by atoms with Crippen LogP contribution in [0.15, 0.2) is 0 Å². The average molecular weight is 239 g/mol. The molecule has 1 amide bonds. The Bertz CT molecular complexity index is 279. The van der Waals surface area contributed by atoms with Crippen LogP contribution < -0.4 is 5.32 Å². The molecule has 98 valence electrons. The van der Waals surface area contributed by atoms with E-state index >= 15 is 0 Å². The van der Waals surface area contributed by atoms with Gasteiger partial charge in [0.15, 0.2) is 0 Å². The highest BCUT2D eigenvalue weighted by Crippen LogP contribution is 2.12. The minimum absolute atomic E-state index is 0.183. The Morgan fingerprint density at radius 1 is 1.41 bits per heavy atom. The molecule has 0 unspecified atom stereocenters. The zero-order valence-electron chi connectivity index (χ0n) is 11.7. The van der Waals surface area contributed by atoms with Gasteiger partial charge in [0.2, 0.25) is 5.91 Å². The van der Waals surface area contributed by atoms with Crippen molar-refractivity contribution in [3.05, 3.63) is 0 Å². The van der Waals surface area contributed by atoms with Crippen LogP contribution in [0.3, 0.4) is 0 Å². The summed E-state index contributed by atoms with van der Waals surface area (Å²) in [5, 5.41) is 11.6. The van der Waals surface area contributed by atoms with Crippen LogP contribution >= 0.6 is 0 Å². The van der Waals surface area contributed by atoms with Crippen LogP contribution in [-0.2, 0) is 4.79 Å². The first-order valence-corrected chi connectivity index (χ1v) is 6.21. The summed E-state index contributed by atoms with van der Waals surface area (Å²) in [4.78, 5) is 13.8. The van der Waals surface area contributed by atoms with Crippen LogP contribution in [0.2, 0.25) is 0 Å². The van der Waals surface area contributed by atoms with Gasteiger partial charge in [-0.3, -0.25) is 4.79 Å². The third-order valence-electron chi connectivity index (χ3n) is 2.95. The number of hydrogen-bond donors (Lipinski definition) is 1. The van der Waals surface area contributed by atoms with Gasteiger partial charge < -0.3 is 10.2 Å². The molecule has 0 saturated carbocycles. The third kappa shape index (κ3) is 6.28. The zero-order chi connectivity index (χ0) is 13.5. The van der Waals surface area contributed by atoms with E-state index in [4.69, 9.17) is 5.26 Å². The molecule has 0 aromatic rings. The molecular weight excluding hydrogens is 214 g/mol. The van der Waals surface area contributed by atoms with Crippen LogP contribution in [0.25, 0.3) is 0 Å². The summed E-state index contributed by atoms with van der Waals surface area (Å²) >= 11 is 0. The highest BCUT2D eigenvalue weighted by molar-refractivity contribution is 5.84. The molecule has 0 rings (SSSR count). The maximum absolute atomic E-state index is 11.6. The smallest absolute Gasteiger partial charge is 0.239 e. The first-order chi connectivity index (χ1) is 7.81. The Labute approximate surface area is 105 Å². The topological polar surface area (TPSA) is 56.1 Å². The molecule has 0 saturated heterocycles. The summed E-state index contributed by atoms with van der Waals surface area (Å²) in [6, 6.07) is 2.55. The quantitative estimate of drug-likeness (QED) is 0.689. The Balaban J connectivity index is 3.67. The maximum atomic E-state index is 11.6. The number of hydrogen-bond acceptors (Lipinski definition) is 3. The number of amides is 1. The largest absolute Gasteiger partial charge is 0.355 e. The summed E-state index contributed by atoms with van der Waals surface area (Å²) in [6.45, 7) is 9.28. The minimum Gasteiger partial charge on any atom is -0.355 e. The van der Waals surface area contributed by atoms with Crippen molar-refractivity contribution in [1.82, 2.24) is 10.2 Å². The van der Waals surface area contributed by atoms with E-state index in [2.05, 4.69) is 31.1 Å². The lowest BCUT2D eigenvalue weighted by Crippen LogP contribution is -2.36. The Morgan fingerprint density at radius 3 is 2.47 bits per heavy atom. The van der Waals surface area contributed by atoms with Gasteiger partial charge >= 0.3 is 0 Å². The van der Waals surface area contributed by atoms with Crippen molar-refractivity contribution in [3.8, 4) is 6.07 Å². The van der Waals surface area contributed by atoms with E-state index < -0.39 is 5.41 Å². The minimum atomic E-state index is -0.922. The van der Waals surface area contributed by atoms with Gasteiger partial charge in [-0.1, -0.05) is 0 Å². The van der Waals surface area contributed by atoms with E-state index in [0.29, 0.717) is 12.6 Å². The van der Waals surface area contributed by atoms with Gasteiger partial charge in [0.25, 0.3) is 0 Å². The van der Waals surface area contributed by atoms with Crippen molar-refractivity contribution in [2.75, 3.05) is 20.1 Å². The second-order valence-corrected chi connectivity index (χ2v) is 5.27. The molecule has 4 heteroatoms. The second kappa shape index (κ2) is 7.29. The van der Waals surface area contributed by atoms with Gasteiger partial charge in [0.1, 0.15) is 5.41 Å².